The van der Waals surface area contributed by atoms with Crippen LogP contribution in [0.3, 0.4) is 0 Å². The number of aromatic nitrogens is 2. The van der Waals surface area contributed by atoms with Gasteiger partial charge in [-0.3, -0.25) is 4.68 Å². The second-order valence-corrected chi connectivity index (χ2v) is 4.43. The Hall–Kier alpha value is -1.52. The average Bonchev–Trinajstić information content (AvgIpc) is 2.77. The Kier molecular flexibility index (Phi) is 4.23. The maximum absolute atomic E-state index is 5.91. The van der Waals surface area contributed by atoms with E-state index in [1.54, 1.807) is 12.3 Å². The van der Waals surface area contributed by atoms with Crippen LogP contribution in [0.25, 0.3) is 0 Å². The number of nitrogens with one attached hydrogen (secondary N) is 1. The third-order valence-electron chi connectivity index (χ3n) is 2.78. The molecule has 1 N–H and O–H groups in total. The molecular weight excluding hydrogens is 250 g/mol. The lowest BCUT2D eigenvalue weighted by atomic mass is 10.2. The zero-order chi connectivity index (χ0) is 13.0. The van der Waals surface area contributed by atoms with Gasteiger partial charge in [0.2, 0.25) is 0 Å². The van der Waals surface area contributed by atoms with Gasteiger partial charge in [-0.1, -0.05) is 17.7 Å². The van der Waals surface area contributed by atoms with Gasteiger partial charge in [0.05, 0.1) is 11.7 Å². The molecule has 96 valence electrons. The molecule has 1 heterocycles. The SMILES string of the molecule is CNC(COc1cccc(Cl)c1)c1ccnn1C. The van der Waals surface area contributed by atoms with Crippen molar-refractivity contribution in [1.82, 2.24) is 15.1 Å². The van der Waals surface area contributed by atoms with E-state index in [1.807, 2.05) is 43.0 Å². The zero-order valence-corrected chi connectivity index (χ0v) is 11.2. The number of hydrogen-bond donors (Lipinski definition) is 1. The third-order valence-corrected chi connectivity index (χ3v) is 3.01. The fraction of sp³-hybridized carbons (Fsp3) is 0.308. The summed E-state index contributed by atoms with van der Waals surface area (Å²) in [4.78, 5) is 0. The maximum atomic E-state index is 5.91. The zero-order valence-electron chi connectivity index (χ0n) is 10.4. The van der Waals surface area contributed by atoms with Crippen LogP contribution in [0.15, 0.2) is 36.5 Å². The number of aryl methyl sites for hydroxylation is 1. The molecule has 0 saturated heterocycles. The number of rotatable bonds is 5. The second-order valence-electron chi connectivity index (χ2n) is 3.99. The minimum Gasteiger partial charge on any atom is -0.491 e. The monoisotopic (exact) mass is 265 g/mol. The van der Waals surface area contributed by atoms with Gasteiger partial charge in [-0.2, -0.15) is 5.10 Å². The Morgan fingerprint density at radius 3 is 2.89 bits per heavy atom. The Balaban J connectivity index is 2.02. The smallest absolute Gasteiger partial charge is 0.120 e. The normalized spacial score (nSPS) is 12.4. The van der Waals surface area contributed by atoms with E-state index < -0.39 is 0 Å². The van der Waals surface area contributed by atoms with E-state index in [4.69, 9.17) is 16.3 Å². The second kappa shape index (κ2) is 5.89. The highest BCUT2D eigenvalue weighted by atomic mass is 35.5. The number of nitrogens with zero attached hydrogens (tertiary/aromatic N) is 2. The Morgan fingerprint density at radius 1 is 1.44 bits per heavy atom. The van der Waals surface area contributed by atoms with Crippen molar-refractivity contribution < 1.29 is 4.74 Å². The predicted molar refractivity (Wildman–Crippen MR) is 72.0 cm³/mol. The minimum absolute atomic E-state index is 0.0940. The highest BCUT2D eigenvalue weighted by molar-refractivity contribution is 6.30. The van der Waals surface area contributed by atoms with Crippen molar-refractivity contribution in [1.29, 1.82) is 0 Å². The fourth-order valence-electron chi connectivity index (χ4n) is 1.78. The lowest BCUT2D eigenvalue weighted by Gasteiger charge is -2.17. The van der Waals surface area contributed by atoms with Crippen LogP contribution < -0.4 is 10.1 Å². The highest BCUT2D eigenvalue weighted by Crippen LogP contribution is 2.19. The molecule has 0 bridgehead atoms. The van der Waals surface area contributed by atoms with Crippen LogP contribution in [-0.2, 0) is 7.05 Å². The number of benzene rings is 1. The molecule has 0 amide bonds. The van der Waals surface area contributed by atoms with Crippen LogP contribution in [0.2, 0.25) is 5.02 Å². The lowest BCUT2D eigenvalue weighted by Crippen LogP contribution is -2.25. The summed E-state index contributed by atoms with van der Waals surface area (Å²) in [7, 11) is 3.82. The molecule has 2 rings (SSSR count). The Morgan fingerprint density at radius 2 is 2.28 bits per heavy atom. The molecule has 0 spiro atoms. The topological polar surface area (TPSA) is 39.1 Å². The van der Waals surface area contributed by atoms with Gasteiger partial charge in [0, 0.05) is 18.3 Å². The summed E-state index contributed by atoms with van der Waals surface area (Å²) < 4.78 is 7.57. The van der Waals surface area contributed by atoms with Gasteiger partial charge in [-0.25, -0.2) is 0 Å². The summed E-state index contributed by atoms with van der Waals surface area (Å²) in [6, 6.07) is 9.46. The van der Waals surface area contributed by atoms with Crippen molar-refractivity contribution in [2.45, 2.75) is 6.04 Å². The van der Waals surface area contributed by atoms with Crippen LogP contribution in [0.5, 0.6) is 5.75 Å². The van der Waals surface area contributed by atoms with Crippen molar-refractivity contribution in [3.8, 4) is 5.75 Å². The van der Waals surface area contributed by atoms with Gasteiger partial charge in [0.15, 0.2) is 0 Å². The van der Waals surface area contributed by atoms with Crippen molar-refractivity contribution in [2.75, 3.05) is 13.7 Å². The number of halogens is 1. The molecule has 1 atom stereocenters. The number of ether oxygens (including phenoxy) is 1. The van der Waals surface area contributed by atoms with E-state index in [-0.39, 0.29) is 6.04 Å². The third kappa shape index (κ3) is 3.03. The van der Waals surface area contributed by atoms with Gasteiger partial charge in [0.1, 0.15) is 12.4 Å². The largest absolute Gasteiger partial charge is 0.491 e. The molecule has 18 heavy (non-hydrogen) atoms. The van der Waals surface area contributed by atoms with Gasteiger partial charge in [-0.15, -0.1) is 0 Å². The molecule has 0 fully saturated rings. The van der Waals surface area contributed by atoms with E-state index in [0.717, 1.165) is 11.4 Å². The summed E-state index contributed by atoms with van der Waals surface area (Å²) in [5, 5.41) is 8.04. The molecular formula is C13H16ClN3O. The van der Waals surface area contributed by atoms with Crippen molar-refractivity contribution >= 4 is 11.6 Å². The van der Waals surface area contributed by atoms with Crippen LogP contribution in [0.1, 0.15) is 11.7 Å². The Bertz CT molecular complexity index is 512. The van der Waals surface area contributed by atoms with E-state index in [1.165, 1.54) is 0 Å². The van der Waals surface area contributed by atoms with Crippen LogP contribution in [0.4, 0.5) is 0 Å². The standard InChI is InChI=1S/C13H16ClN3O/c1-15-12(13-6-7-16-17(13)2)9-18-11-5-3-4-10(14)8-11/h3-8,12,15H,9H2,1-2H3. The van der Waals surface area contributed by atoms with Gasteiger partial charge in [0.25, 0.3) is 0 Å². The van der Waals surface area contributed by atoms with Crippen LogP contribution >= 0.6 is 11.6 Å². The van der Waals surface area contributed by atoms with E-state index in [9.17, 15) is 0 Å². The summed E-state index contributed by atoms with van der Waals surface area (Å²) in [5.74, 6) is 0.768. The van der Waals surface area contributed by atoms with E-state index in [0.29, 0.717) is 11.6 Å². The average molecular weight is 266 g/mol. The molecule has 0 aliphatic heterocycles. The van der Waals surface area contributed by atoms with E-state index >= 15 is 0 Å². The number of likely N-dealkylation sites (N-methyl/N-ethyl adjacent to an activating group) is 1. The molecule has 1 aromatic heterocycles. The van der Waals surface area contributed by atoms with Crippen molar-refractivity contribution in [3.05, 3.63) is 47.2 Å². The quantitative estimate of drug-likeness (QED) is 0.902. The summed E-state index contributed by atoms with van der Waals surface area (Å²) >= 11 is 5.91. The van der Waals surface area contributed by atoms with Gasteiger partial charge < -0.3 is 10.1 Å². The molecule has 0 radical (unpaired) electrons. The molecule has 2 aromatic rings. The summed E-state index contributed by atoms with van der Waals surface area (Å²) in [5.41, 5.74) is 1.08. The minimum atomic E-state index is 0.0940. The first-order valence-electron chi connectivity index (χ1n) is 5.74. The first-order chi connectivity index (χ1) is 8.70. The summed E-state index contributed by atoms with van der Waals surface area (Å²) in [6.45, 7) is 0.524. The molecule has 4 nitrogen and oxygen atoms in total. The molecule has 5 heteroatoms. The molecule has 1 aromatic carbocycles. The summed E-state index contributed by atoms with van der Waals surface area (Å²) in [6.07, 6.45) is 1.78. The van der Waals surface area contributed by atoms with Crippen molar-refractivity contribution in [3.63, 3.8) is 0 Å². The molecule has 0 saturated carbocycles. The van der Waals surface area contributed by atoms with Gasteiger partial charge in [-0.05, 0) is 31.3 Å². The molecule has 0 aliphatic rings. The maximum Gasteiger partial charge on any atom is 0.120 e. The van der Waals surface area contributed by atoms with Gasteiger partial charge >= 0.3 is 0 Å². The van der Waals surface area contributed by atoms with E-state index in [2.05, 4.69) is 10.4 Å². The van der Waals surface area contributed by atoms with Crippen LogP contribution in [-0.4, -0.2) is 23.4 Å². The lowest BCUT2D eigenvalue weighted by molar-refractivity contribution is 0.267. The molecule has 1 unspecified atom stereocenters. The van der Waals surface area contributed by atoms with Crippen molar-refractivity contribution in [2.24, 2.45) is 7.05 Å². The number of hydrogen-bond acceptors (Lipinski definition) is 3. The molecule has 0 aliphatic carbocycles. The first-order valence-corrected chi connectivity index (χ1v) is 6.12. The first kappa shape index (κ1) is 12.9. The Labute approximate surface area is 112 Å². The van der Waals surface area contributed by atoms with Crippen LogP contribution in [0, 0.1) is 0 Å². The highest BCUT2D eigenvalue weighted by Gasteiger charge is 2.13. The fourth-order valence-corrected chi connectivity index (χ4v) is 1.96. The predicted octanol–water partition coefficient (Wildman–Crippen LogP) is 2.41.